The van der Waals surface area contributed by atoms with Crippen LogP contribution in [0.25, 0.3) is 0 Å². The fourth-order valence-corrected chi connectivity index (χ4v) is 13.7. The minimum atomic E-state index is -0.596. The summed E-state index contributed by atoms with van der Waals surface area (Å²) in [5.74, 6) is 5.09. The Kier molecular flexibility index (Phi) is 7.56. The van der Waals surface area contributed by atoms with Crippen molar-refractivity contribution < 1.29 is 29.1 Å². The van der Waals surface area contributed by atoms with Crippen molar-refractivity contribution in [2.75, 3.05) is 0 Å². The second-order valence-electron chi connectivity index (χ2n) is 18.5. The molecule has 0 radical (unpaired) electrons. The van der Waals surface area contributed by atoms with Crippen LogP contribution in [-0.4, -0.2) is 29.1 Å². The first-order valence-corrected chi connectivity index (χ1v) is 17.8. The van der Waals surface area contributed by atoms with Gasteiger partial charge in [0, 0.05) is 5.41 Å². The van der Waals surface area contributed by atoms with Crippen LogP contribution in [0.4, 0.5) is 0 Å². The molecule has 6 rings (SSSR count). The number of ether oxygens (including phenoxy) is 1. The smallest absolute Gasteiger partial charge is 0.328 e. The number of aliphatic carboxylic acids is 1. The van der Waals surface area contributed by atoms with Gasteiger partial charge in [-0.25, -0.2) is 0 Å². The van der Waals surface area contributed by atoms with E-state index in [0.29, 0.717) is 30.1 Å². The highest BCUT2D eigenvalue weighted by atomic mass is 16.7. The number of carboxylic acids is 1. The van der Waals surface area contributed by atoms with Crippen LogP contribution in [-0.2, 0) is 24.0 Å². The second kappa shape index (κ2) is 10.3. The van der Waals surface area contributed by atoms with Crippen molar-refractivity contribution in [3.8, 4) is 0 Å². The molecule has 12 atom stereocenters. The van der Waals surface area contributed by atoms with Crippen molar-refractivity contribution in [3.63, 3.8) is 0 Å². The molecular weight excluding hydrogens is 566 g/mol. The van der Waals surface area contributed by atoms with E-state index in [-0.39, 0.29) is 51.5 Å². The average molecular weight is 626 g/mol. The molecule has 6 aliphatic rings. The Morgan fingerprint density at radius 3 is 2.02 bits per heavy atom. The van der Waals surface area contributed by atoms with Crippen LogP contribution in [0.5, 0.6) is 0 Å². The van der Waals surface area contributed by atoms with Crippen LogP contribution in [0.3, 0.4) is 0 Å². The Hall–Kier alpha value is -1.89. The Labute approximate surface area is 270 Å². The highest BCUT2D eigenvalue weighted by Gasteiger charge is 2.72. The summed E-state index contributed by atoms with van der Waals surface area (Å²) in [4.78, 5) is 43.1. The van der Waals surface area contributed by atoms with Gasteiger partial charge in [0.1, 0.15) is 6.10 Å². The molecule has 6 fully saturated rings. The average Bonchev–Trinajstić information content (AvgIpc) is 3.36. The van der Waals surface area contributed by atoms with Gasteiger partial charge in [-0.2, -0.15) is 5.90 Å². The Morgan fingerprint density at radius 1 is 0.756 bits per heavy atom. The fourth-order valence-electron chi connectivity index (χ4n) is 13.7. The van der Waals surface area contributed by atoms with Gasteiger partial charge in [0.25, 0.3) is 0 Å². The topological polar surface area (TPSA) is 116 Å². The molecule has 6 aliphatic carbocycles. The monoisotopic (exact) mass is 625 g/mol. The molecule has 0 aromatic carbocycles. The van der Waals surface area contributed by atoms with E-state index in [1.165, 1.54) is 5.57 Å². The molecule has 45 heavy (non-hydrogen) atoms. The highest BCUT2D eigenvalue weighted by Crippen LogP contribution is 2.77. The van der Waals surface area contributed by atoms with E-state index in [4.69, 9.17) is 10.6 Å². The number of esters is 1. The maximum absolute atomic E-state index is 13.6. The zero-order valence-corrected chi connectivity index (χ0v) is 29.2. The van der Waals surface area contributed by atoms with Crippen molar-refractivity contribution in [1.82, 2.24) is 0 Å². The largest absolute Gasteiger partial charge is 0.481 e. The van der Waals surface area contributed by atoms with Crippen LogP contribution in [0.1, 0.15) is 126 Å². The molecule has 0 bridgehead atoms. The van der Waals surface area contributed by atoms with Crippen molar-refractivity contribution in [2.45, 2.75) is 132 Å². The molecular formula is C38H59NO6. The minimum Gasteiger partial charge on any atom is -0.481 e. The van der Waals surface area contributed by atoms with Gasteiger partial charge in [-0.3, -0.25) is 14.4 Å². The third kappa shape index (κ3) is 4.19. The summed E-state index contributed by atoms with van der Waals surface area (Å²) in [7, 11) is 0. The molecule has 7 heteroatoms. The van der Waals surface area contributed by atoms with Gasteiger partial charge >= 0.3 is 17.9 Å². The quantitative estimate of drug-likeness (QED) is 0.183. The summed E-state index contributed by atoms with van der Waals surface area (Å²) in [6.45, 7) is 22.7. The number of hydrogen-bond donors (Lipinski definition) is 2. The van der Waals surface area contributed by atoms with Crippen LogP contribution >= 0.6 is 0 Å². The molecule has 6 saturated carbocycles. The minimum absolute atomic E-state index is 0.0933. The van der Waals surface area contributed by atoms with Crippen molar-refractivity contribution >= 4 is 17.9 Å². The molecule has 0 aliphatic heterocycles. The van der Waals surface area contributed by atoms with E-state index in [1.54, 1.807) is 0 Å². The SMILES string of the molecule is C=C(C)[C@@H]1CC[C@]2(C(=O)O)CC[C@]3(C)[C@H](CC[C@@H]4[C@@]5(C)CC[C@H](OC(=O)[C@@H]6C[C@H](C(=O)ON)C6(C)C)C(C)(C)[C@@H]5CC[C@]43C)[C@@H]12. The summed E-state index contributed by atoms with van der Waals surface area (Å²) in [5.41, 5.74) is 0.220. The molecule has 0 heterocycles. The summed E-state index contributed by atoms with van der Waals surface area (Å²) in [6, 6.07) is 0. The molecule has 0 spiro atoms. The Balaban J connectivity index is 1.24. The third-order valence-electron chi connectivity index (χ3n) is 16.6. The lowest BCUT2D eigenvalue weighted by Gasteiger charge is -2.72. The number of carbonyl (C=O) groups excluding carboxylic acids is 2. The van der Waals surface area contributed by atoms with E-state index in [1.807, 2.05) is 13.8 Å². The molecule has 3 N–H and O–H groups in total. The molecule has 252 valence electrons. The number of fused-ring (bicyclic) bond motifs is 7. The second-order valence-corrected chi connectivity index (χ2v) is 18.5. The van der Waals surface area contributed by atoms with Gasteiger partial charge in [-0.1, -0.05) is 60.6 Å². The van der Waals surface area contributed by atoms with E-state index in [9.17, 15) is 19.5 Å². The lowest BCUT2D eigenvalue weighted by molar-refractivity contribution is -0.252. The predicted molar refractivity (Wildman–Crippen MR) is 172 cm³/mol. The van der Waals surface area contributed by atoms with Crippen molar-refractivity contribution in [3.05, 3.63) is 12.2 Å². The maximum atomic E-state index is 13.6. The fraction of sp³-hybridized carbons (Fsp3) is 0.868. The van der Waals surface area contributed by atoms with Crippen LogP contribution in [0.2, 0.25) is 0 Å². The van der Waals surface area contributed by atoms with Gasteiger partial charge < -0.3 is 14.7 Å². The standard InChI is InChI=1S/C38H59NO6/c1-21(2)22-12-17-38(32(42)43)19-18-36(8)23(29(22)38)10-11-27-35(7)15-14-28(34(5,6)26(35)13-16-37(27,36)9)44-30(40)24-20-25(31(41)45-39)33(24,3)4/h22-29H,1,10-20,39H2,2-9H3,(H,42,43)/t22-,23+,24-,25+,26-,27+,28-,29+,35-,36+,37+,38-/m0/s1. The number of carbonyl (C=O) groups is 3. The highest BCUT2D eigenvalue weighted by molar-refractivity contribution is 5.82. The van der Waals surface area contributed by atoms with Crippen molar-refractivity contribution in [2.24, 2.45) is 79.8 Å². The van der Waals surface area contributed by atoms with Gasteiger partial charge in [-0.15, -0.1) is 0 Å². The number of allylic oxidation sites excluding steroid dienone is 1. The normalized spacial score (nSPS) is 49.2. The molecule has 0 unspecified atom stereocenters. The first-order chi connectivity index (χ1) is 20.8. The lowest BCUT2D eigenvalue weighted by Crippen LogP contribution is -2.67. The summed E-state index contributed by atoms with van der Waals surface area (Å²) < 4.78 is 6.40. The van der Waals surface area contributed by atoms with Gasteiger partial charge in [0.05, 0.1) is 17.3 Å². The number of nitrogens with two attached hydrogens (primary N) is 1. The van der Waals surface area contributed by atoms with Crippen LogP contribution < -0.4 is 5.90 Å². The summed E-state index contributed by atoms with van der Waals surface area (Å²) in [6.07, 6.45) is 10.2. The molecule has 0 aromatic heterocycles. The first-order valence-electron chi connectivity index (χ1n) is 17.8. The third-order valence-corrected chi connectivity index (χ3v) is 16.6. The van der Waals surface area contributed by atoms with E-state index >= 15 is 0 Å². The number of rotatable bonds is 5. The Morgan fingerprint density at radius 2 is 1.42 bits per heavy atom. The van der Waals surface area contributed by atoms with E-state index < -0.39 is 22.8 Å². The lowest BCUT2D eigenvalue weighted by atomic mass is 9.32. The van der Waals surface area contributed by atoms with E-state index in [0.717, 1.165) is 64.2 Å². The molecule has 0 amide bonds. The molecule has 0 saturated heterocycles. The Bertz CT molecular complexity index is 1290. The zero-order chi connectivity index (χ0) is 33.1. The summed E-state index contributed by atoms with van der Waals surface area (Å²) in [5, 5.41) is 10.6. The number of carboxylic acid groups (broad SMARTS) is 1. The van der Waals surface area contributed by atoms with Gasteiger partial charge in [-0.05, 0) is 129 Å². The summed E-state index contributed by atoms with van der Waals surface area (Å²) >= 11 is 0. The maximum Gasteiger partial charge on any atom is 0.328 e. The number of hydrogen-bond acceptors (Lipinski definition) is 6. The van der Waals surface area contributed by atoms with E-state index in [2.05, 4.69) is 53.0 Å². The van der Waals surface area contributed by atoms with Gasteiger partial charge in [0.2, 0.25) is 0 Å². The van der Waals surface area contributed by atoms with Crippen LogP contribution in [0, 0.1) is 73.9 Å². The zero-order valence-electron chi connectivity index (χ0n) is 29.2. The first kappa shape index (κ1) is 33.0. The molecule has 7 nitrogen and oxygen atoms in total. The molecule has 0 aromatic rings. The van der Waals surface area contributed by atoms with Crippen molar-refractivity contribution in [1.29, 1.82) is 0 Å². The van der Waals surface area contributed by atoms with Gasteiger partial charge in [0.15, 0.2) is 0 Å². The van der Waals surface area contributed by atoms with Crippen LogP contribution in [0.15, 0.2) is 12.2 Å². The predicted octanol–water partition coefficient (Wildman–Crippen LogP) is 7.72.